The van der Waals surface area contributed by atoms with Gasteiger partial charge in [-0.05, 0) is 70.1 Å². The molecular weight excluding hydrogens is 442 g/mol. The molecule has 0 saturated carbocycles. The van der Waals surface area contributed by atoms with Crippen LogP contribution in [0.5, 0.6) is 6.01 Å². The minimum atomic E-state index is -3.23. The molecule has 8 nitrogen and oxygen atoms in total. The lowest BCUT2D eigenvalue weighted by molar-refractivity contribution is -0.00125. The summed E-state index contributed by atoms with van der Waals surface area (Å²) in [5.41, 5.74) is 1.13. The van der Waals surface area contributed by atoms with Crippen LogP contribution in [0.3, 0.4) is 0 Å². The number of sulfone groups is 1. The predicted molar refractivity (Wildman–Crippen MR) is 124 cm³/mol. The summed E-state index contributed by atoms with van der Waals surface area (Å²) in [6.07, 6.45) is 8.11. The molecule has 1 aromatic carbocycles. The third kappa shape index (κ3) is 5.63. The van der Waals surface area contributed by atoms with E-state index < -0.39 is 15.4 Å². The molecular formula is C24H31N3O5S. The van der Waals surface area contributed by atoms with Crippen LogP contribution in [0.15, 0.2) is 41.6 Å². The van der Waals surface area contributed by atoms with Crippen LogP contribution in [0.25, 0.3) is 11.1 Å². The highest BCUT2D eigenvalue weighted by Gasteiger charge is 2.44. The van der Waals surface area contributed by atoms with Crippen molar-refractivity contribution in [2.24, 2.45) is 5.92 Å². The molecule has 178 valence electrons. The van der Waals surface area contributed by atoms with Gasteiger partial charge in [0.15, 0.2) is 9.84 Å². The molecule has 33 heavy (non-hydrogen) atoms. The Balaban J connectivity index is 1.32. The Morgan fingerprint density at radius 3 is 2.12 bits per heavy atom. The van der Waals surface area contributed by atoms with Crippen LogP contribution in [0, 0.1) is 5.92 Å². The highest BCUT2D eigenvalue weighted by atomic mass is 32.2. The third-order valence-electron chi connectivity index (χ3n) is 6.13. The lowest BCUT2D eigenvalue weighted by atomic mass is 9.92. The summed E-state index contributed by atoms with van der Waals surface area (Å²) in [6.45, 7) is 6.19. The van der Waals surface area contributed by atoms with E-state index in [4.69, 9.17) is 9.47 Å². The van der Waals surface area contributed by atoms with Gasteiger partial charge >= 0.3 is 12.1 Å². The number of piperidine rings is 1. The van der Waals surface area contributed by atoms with Gasteiger partial charge in [-0.1, -0.05) is 12.1 Å². The number of amides is 1. The average molecular weight is 474 g/mol. The van der Waals surface area contributed by atoms with Crippen molar-refractivity contribution in [3.63, 3.8) is 0 Å². The summed E-state index contributed by atoms with van der Waals surface area (Å²) in [7, 11) is -3.23. The van der Waals surface area contributed by atoms with Crippen LogP contribution in [-0.4, -0.2) is 59.9 Å². The number of hydrogen-bond donors (Lipinski definition) is 0. The molecule has 2 bridgehead atoms. The van der Waals surface area contributed by atoms with Crippen LogP contribution >= 0.6 is 0 Å². The molecule has 1 aromatic heterocycles. The smallest absolute Gasteiger partial charge is 0.410 e. The monoisotopic (exact) mass is 473 g/mol. The number of nitrogens with zero attached hydrogens (tertiary/aromatic N) is 3. The van der Waals surface area contributed by atoms with E-state index in [1.54, 1.807) is 36.7 Å². The molecule has 9 heteroatoms. The van der Waals surface area contributed by atoms with Crippen molar-refractivity contribution in [3.8, 4) is 17.1 Å². The second-order valence-corrected chi connectivity index (χ2v) is 12.0. The van der Waals surface area contributed by atoms with Crippen molar-refractivity contribution in [2.45, 2.75) is 69.0 Å². The van der Waals surface area contributed by atoms with Crippen molar-refractivity contribution < 1.29 is 22.7 Å². The topological polar surface area (TPSA) is 98.7 Å². The number of rotatable bonds is 5. The number of aromatic nitrogens is 2. The molecule has 3 heterocycles. The number of benzene rings is 1. The highest BCUT2D eigenvalue weighted by Crippen LogP contribution is 2.39. The fourth-order valence-corrected chi connectivity index (χ4v) is 5.30. The Morgan fingerprint density at radius 1 is 1.03 bits per heavy atom. The zero-order chi connectivity index (χ0) is 23.8. The maximum absolute atomic E-state index is 12.6. The molecule has 2 fully saturated rings. The first-order valence-corrected chi connectivity index (χ1v) is 13.2. The van der Waals surface area contributed by atoms with Crippen LogP contribution in [0.1, 0.15) is 46.5 Å². The van der Waals surface area contributed by atoms with Gasteiger partial charge in [-0.2, -0.15) is 0 Å². The summed E-state index contributed by atoms with van der Waals surface area (Å²) in [5.74, 6) is 0.341. The molecule has 2 aliphatic rings. The van der Waals surface area contributed by atoms with E-state index in [9.17, 15) is 13.2 Å². The zero-order valence-electron chi connectivity index (χ0n) is 19.5. The van der Waals surface area contributed by atoms with E-state index in [1.807, 2.05) is 25.7 Å². The molecule has 2 saturated heterocycles. The van der Waals surface area contributed by atoms with Gasteiger partial charge in [-0.25, -0.2) is 23.2 Å². The van der Waals surface area contributed by atoms with Gasteiger partial charge in [0.05, 0.1) is 11.5 Å². The van der Waals surface area contributed by atoms with E-state index >= 15 is 0 Å². The fourth-order valence-electron chi connectivity index (χ4n) is 4.67. The Hall–Kier alpha value is -2.68. The van der Waals surface area contributed by atoms with E-state index in [-0.39, 0.29) is 23.1 Å². The first kappa shape index (κ1) is 23.5. The number of fused-ring (bicyclic) bond motifs is 2. The van der Waals surface area contributed by atoms with Crippen LogP contribution in [0.2, 0.25) is 0 Å². The van der Waals surface area contributed by atoms with Gasteiger partial charge in [-0.3, -0.25) is 0 Å². The molecule has 4 rings (SSSR count). The molecule has 0 spiro atoms. The van der Waals surface area contributed by atoms with Crippen LogP contribution in [0.4, 0.5) is 4.79 Å². The van der Waals surface area contributed by atoms with Gasteiger partial charge in [0.2, 0.25) is 0 Å². The van der Waals surface area contributed by atoms with Crippen molar-refractivity contribution in [2.75, 3.05) is 12.9 Å². The molecule has 2 aliphatic heterocycles. The second-order valence-electron chi connectivity index (χ2n) is 9.97. The molecule has 0 N–H and O–H groups in total. The Kier molecular flexibility index (Phi) is 6.35. The summed E-state index contributed by atoms with van der Waals surface area (Å²) in [6, 6.07) is 7.34. The van der Waals surface area contributed by atoms with Crippen molar-refractivity contribution in [1.82, 2.24) is 14.9 Å². The third-order valence-corrected chi connectivity index (χ3v) is 7.26. The van der Waals surface area contributed by atoms with Gasteiger partial charge in [0.1, 0.15) is 5.60 Å². The number of carbonyl (C=O) groups is 1. The fraction of sp³-hybridized carbons (Fsp3) is 0.542. The van der Waals surface area contributed by atoms with Crippen molar-refractivity contribution in [1.29, 1.82) is 0 Å². The van der Waals surface area contributed by atoms with Gasteiger partial charge in [-0.15, -0.1) is 0 Å². The predicted octanol–water partition coefficient (Wildman–Crippen LogP) is 4.10. The molecule has 2 aromatic rings. The molecule has 2 atom stereocenters. The van der Waals surface area contributed by atoms with Gasteiger partial charge in [0.25, 0.3) is 0 Å². The minimum Gasteiger partial charge on any atom is -0.463 e. The Bertz CT molecular complexity index is 1080. The van der Waals surface area contributed by atoms with Crippen LogP contribution in [-0.2, 0) is 14.6 Å². The summed E-state index contributed by atoms with van der Waals surface area (Å²) in [5, 5.41) is 0. The average Bonchev–Trinajstić information content (AvgIpc) is 3.01. The normalized spacial score (nSPS) is 22.8. The summed E-state index contributed by atoms with van der Waals surface area (Å²) in [4.78, 5) is 23.4. The molecule has 1 amide bonds. The van der Waals surface area contributed by atoms with Gasteiger partial charge in [0, 0.05) is 36.3 Å². The van der Waals surface area contributed by atoms with E-state index in [0.29, 0.717) is 18.5 Å². The number of hydrogen-bond acceptors (Lipinski definition) is 7. The zero-order valence-corrected chi connectivity index (χ0v) is 20.3. The highest BCUT2D eigenvalue weighted by molar-refractivity contribution is 7.90. The minimum absolute atomic E-state index is 0.199. The van der Waals surface area contributed by atoms with E-state index in [0.717, 1.165) is 36.8 Å². The van der Waals surface area contributed by atoms with E-state index in [2.05, 4.69) is 9.97 Å². The maximum Gasteiger partial charge on any atom is 0.410 e. The lowest BCUT2D eigenvalue weighted by Gasteiger charge is -2.39. The molecule has 0 aliphatic carbocycles. The largest absolute Gasteiger partial charge is 0.463 e. The second kappa shape index (κ2) is 8.93. The van der Waals surface area contributed by atoms with Crippen LogP contribution < -0.4 is 4.74 Å². The van der Waals surface area contributed by atoms with Crippen molar-refractivity contribution >= 4 is 15.9 Å². The first-order chi connectivity index (χ1) is 15.5. The molecule has 0 radical (unpaired) electrons. The summed E-state index contributed by atoms with van der Waals surface area (Å²) >= 11 is 0. The number of carbonyl (C=O) groups excluding carboxylic acids is 1. The lowest BCUT2D eigenvalue weighted by Crippen LogP contribution is -2.49. The molecule has 0 unspecified atom stereocenters. The standard InChI is InChI=1S/C24H31N3O5S/c1-24(2,3)32-23(28)27-19-7-8-20(27)12-16(11-19)15-31-22-25-13-18(14-26-22)17-5-9-21(10-6-17)33(4,29)30/h5-6,9-10,13-14,16,19-20H,7-8,11-12,15H2,1-4H3/t19-,20-/m0/s1. The van der Waals surface area contributed by atoms with E-state index in [1.165, 1.54) is 6.26 Å². The van der Waals surface area contributed by atoms with Gasteiger partial charge < -0.3 is 14.4 Å². The SMILES string of the molecule is CC(C)(C)OC(=O)N1[C@H]2CC[C@H]1CC(COc1ncc(-c3ccc(S(C)(=O)=O)cc3)cn1)C2. The summed E-state index contributed by atoms with van der Waals surface area (Å²) < 4.78 is 34.7. The Labute approximate surface area is 195 Å². The van der Waals surface area contributed by atoms with Crippen molar-refractivity contribution in [3.05, 3.63) is 36.7 Å². The maximum atomic E-state index is 12.6. The number of ether oxygens (including phenoxy) is 2. The first-order valence-electron chi connectivity index (χ1n) is 11.3. The quantitative estimate of drug-likeness (QED) is 0.644. The Morgan fingerprint density at radius 2 is 1.61 bits per heavy atom.